The molecule has 0 aromatic rings. The number of hydrogen-bond donors (Lipinski definition) is 1. The van der Waals surface area contributed by atoms with E-state index in [1.165, 1.54) is 19.4 Å². The lowest BCUT2D eigenvalue weighted by Crippen LogP contribution is -2.50. The molecule has 2 heteroatoms. The molecule has 0 aliphatic carbocycles. The van der Waals surface area contributed by atoms with Gasteiger partial charge in [-0.25, -0.2) is 5.01 Å². The zero-order valence-corrected chi connectivity index (χ0v) is 7.22. The number of hydrogen-bond acceptors (Lipinski definition) is 2. The fourth-order valence-corrected chi connectivity index (χ4v) is 1.57. The molecule has 0 bridgehead atoms. The summed E-state index contributed by atoms with van der Waals surface area (Å²) in [6, 6.07) is 0.707. The van der Waals surface area contributed by atoms with Gasteiger partial charge in [0.25, 0.3) is 0 Å². The highest BCUT2D eigenvalue weighted by atomic mass is 15.5. The first-order valence-electron chi connectivity index (χ1n) is 4.21. The van der Waals surface area contributed by atoms with Crippen LogP contribution in [0.3, 0.4) is 0 Å². The van der Waals surface area contributed by atoms with Crippen LogP contribution in [0.4, 0.5) is 0 Å². The second-order valence-corrected chi connectivity index (χ2v) is 3.33. The van der Waals surface area contributed by atoms with Gasteiger partial charge in [0.15, 0.2) is 0 Å². The summed E-state index contributed by atoms with van der Waals surface area (Å²) in [6.07, 6.45) is 2.58. The molecule has 1 aliphatic heterocycles. The minimum Gasteiger partial charge on any atom is -0.252 e. The maximum absolute atomic E-state index is 3.45. The molecule has 0 unspecified atom stereocenters. The molecule has 1 saturated heterocycles. The van der Waals surface area contributed by atoms with Gasteiger partial charge >= 0.3 is 0 Å². The van der Waals surface area contributed by atoms with Gasteiger partial charge in [-0.15, -0.1) is 0 Å². The molecule has 1 fully saturated rings. The summed E-state index contributed by atoms with van der Waals surface area (Å²) in [7, 11) is 2.12. The van der Waals surface area contributed by atoms with E-state index in [4.69, 9.17) is 0 Å². The standard InChI is InChI=1S/C8H18N2/c1-4-8-7(2)5-6-10(3)9-8/h7-9H,4-6H2,1-3H3/t7-,8+/m1/s1. The lowest BCUT2D eigenvalue weighted by atomic mass is 9.95. The molecular formula is C8H18N2. The normalized spacial score (nSPS) is 36.3. The topological polar surface area (TPSA) is 15.3 Å². The van der Waals surface area contributed by atoms with E-state index in [0.29, 0.717) is 6.04 Å². The van der Waals surface area contributed by atoms with Crippen molar-refractivity contribution in [3.8, 4) is 0 Å². The second kappa shape index (κ2) is 3.35. The molecule has 2 atom stereocenters. The minimum atomic E-state index is 0.707. The maximum atomic E-state index is 3.45. The average molecular weight is 142 g/mol. The summed E-state index contributed by atoms with van der Waals surface area (Å²) in [5.74, 6) is 0.848. The number of hydrazine groups is 1. The molecular weight excluding hydrogens is 124 g/mol. The van der Waals surface area contributed by atoms with E-state index < -0.39 is 0 Å². The van der Waals surface area contributed by atoms with Crippen LogP contribution in [0.1, 0.15) is 26.7 Å². The van der Waals surface area contributed by atoms with Crippen LogP contribution in [0.5, 0.6) is 0 Å². The monoisotopic (exact) mass is 142 g/mol. The lowest BCUT2D eigenvalue weighted by Gasteiger charge is -2.35. The van der Waals surface area contributed by atoms with Gasteiger partial charge in [0, 0.05) is 19.6 Å². The number of nitrogens with zero attached hydrogens (tertiary/aromatic N) is 1. The smallest absolute Gasteiger partial charge is 0.0238 e. The Morgan fingerprint density at radius 2 is 2.30 bits per heavy atom. The Balaban J connectivity index is 2.38. The van der Waals surface area contributed by atoms with Crippen molar-refractivity contribution in [1.29, 1.82) is 0 Å². The van der Waals surface area contributed by atoms with Crippen molar-refractivity contribution in [3.63, 3.8) is 0 Å². The van der Waals surface area contributed by atoms with Crippen LogP contribution in [0.25, 0.3) is 0 Å². The van der Waals surface area contributed by atoms with E-state index in [2.05, 4.69) is 31.3 Å². The average Bonchev–Trinajstić information content (AvgIpc) is 1.94. The third-order valence-corrected chi connectivity index (χ3v) is 2.43. The highest BCUT2D eigenvalue weighted by Gasteiger charge is 2.21. The van der Waals surface area contributed by atoms with Gasteiger partial charge in [-0.05, 0) is 18.8 Å². The molecule has 0 radical (unpaired) electrons. The molecule has 0 saturated carbocycles. The predicted molar refractivity (Wildman–Crippen MR) is 43.6 cm³/mol. The van der Waals surface area contributed by atoms with E-state index in [-0.39, 0.29) is 0 Å². The summed E-state index contributed by atoms with van der Waals surface area (Å²) in [5, 5.41) is 2.20. The highest BCUT2D eigenvalue weighted by molar-refractivity contribution is 4.75. The molecule has 1 N–H and O–H groups in total. The summed E-state index contributed by atoms with van der Waals surface area (Å²) < 4.78 is 0. The zero-order valence-electron chi connectivity index (χ0n) is 7.22. The summed E-state index contributed by atoms with van der Waals surface area (Å²) in [5.41, 5.74) is 3.45. The first kappa shape index (κ1) is 8.02. The van der Waals surface area contributed by atoms with Gasteiger partial charge in [0.05, 0.1) is 0 Å². The highest BCUT2D eigenvalue weighted by Crippen LogP contribution is 2.15. The summed E-state index contributed by atoms with van der Waals surface area (Å²) in [6.45, 7) is 5.76. The first-order valence-corrected chi connectivity index (χ1v) is 4.21. The SMILES string of the molecule is CC[C@@H]1NN(C)CC[C@H]1C. The molecule has 1 rings (SSSR count). The molecule has 0 spiro atoms. The second-order valence-electron chi connectivity index (χ2n) is 3.33. The van der Waals surface area contributed by atoms with Crippen LogP contribution >= 0.6 is 0 Å². The Bertz CT molecular complexity index is 103. The third kappa shape index (κ3) is 1.70. The van der Waals surface area contributed by atoms with E-state index in [9.17, 15) is 0 Å². The molecule has 0 aromatic heterocycles. The lowest BCUT2D eigenvalue weighted by molar-refractivity contribution is 0.104. The zero-order chi connectivity index (χ0) is 7.56. The van der Waals surface area contributed by atoms with Gasteiger partial charge in [-0.1, -0.05) is 13.8 Å². The Labute approximate surface area is 63.6 Å². The number of rotatable bonds is 1. The van der Waals surface area contributed by atoms with E-state index in [0.717, 1.165) is 5.92 Å². The van der Waals surface area contributed by atoms with E-state index >= 15 is 0 Å². The Hall–Kier alpha value is -0.0800. The maximum Gasteiger partial charge on any atom is 0.0238 e. The van der Waals surface area contributed by atoms with Crippen LogP contribution in [-0.4, -0.2) is 24.6 Å². The van der Waals surface area contributed by atoms with Gasteiger partial charge < -0.3 is 0 Å². The summed E-state index contributed by atoms with van der Waals surface area (Å²) >= 11 is 0. The third-order valence-electron chi connectivity index (χ3n) is 2.43. The molecule has 1 heterocycles. The number of nitrogens with one attached hydrogen (secondary N) is 1. The Morgan fingerprint density at radius 1 is 1.60 bits per heavy atom. The van der Waals surface area contributed by atoms with Crippen LogP contribution in [0, 0.1) is 5.92 Å². The quantitative estimate of drug-likeness (QED) is 0.592. The van der Waals surface area contributed by atoms with Crippen molar-refractivity contribution < 1.29 is 0 Å². The van der Waals surface area contributed by atoms with Crippen LogP contribution < -0.4 is 5.43 Å². The minimum absolute atomic E-state index is 0.707. The van der Waals surface area contributed by atoms with Crippen molar-refractivity contribution >= 4 is 0 Å². The molecule has 10 heavy (non-hydrogen) atoms. The Morgan fingerprint density at radius 3 is 2.80 bits per heavy atom. The molecule has 60 valence electrons. The Kier molecular flexibility index (Phi) is 2.69. The van der Waals surface area contributed by atoms with Gasteiger partial charge in [-0.2, -0.15) is 0 Å². The predicted octanol–water partition coefficient (Wildman–Crippen LogP) is 1.24. The first-order chi connectivity index (χ1) is 4.74. The van der Waals surface area contributed by atoms with E-state index in [1.807, 2.05) is 0 Å². The molecule has 0 amide bonds. The van der Waals surface area contributed by atoms with Crippen molar-refractivity contribution in [2.24, 2.45) is 5.92 Å². The molecule has 0 aromatic carbocycles. The summed E-state index contributed by atoms with van der Waals surface area (Å²) in [4.78, 5) is 0. The van der Waals surface area contributed by atoms with Crippen LogP contribution in [0.2, 0.25) is 0 Å². The van der Waals surface area contributed by atoms with Gasteiger partial charge in [0.2, 0.25) is 0 Å². The fourth-order valence-electron chi connectivity index (χ4n) is 1.57. The van der Waals surface area contributed by atoms with Crippen molar-refractivity contribution in [3.05, 3.63) is 0 Å². The fraction of sp³-hybridized carbons (Fsp3) is 1.00. The molecule has 2 nitrogen and oxygen atoms in total. The van der Waals surface area contributed by atoms with Gasteiger partial charge in [0.1, 0.15) is 0 Å². The van der Waals surface area contributed by atoms with Crippen molar-refractivity contribution in [2.45, 2.75) is 32.7 Å². The van der Waals surface area contributed by atoms with Gasteiger partial charge in [-0.3, -0.25) is 5.43 Å². The van der Waals surface area contributed by atoms with Crippen molar-refractivity contribution in [2.75, 3.05) is 13.6 Å². The van der Waals surface area contributed by atoms with E-state index in [1.54, 1.807) is 0 Å². The molecule has 1 aliphatic rings. The van der Waals surface area contributed by atoms with Crippen molar-refractivity contribution in [1.82, 2.24) is 10.4 Å². The van der Waals surface area contributed by atoms with Crippen LogP contribution in [-0.2, 0) is 0 Å². The largest absolute Gasteiger partial charge is 0.252 e. The van der Waals surface area contributed by atoms with Crippen LogP contribution in [0.15, 0.2) is 0 Å².